The first-order valence-corrected chi connectivity index (χ1v) is 7.28. The van der Waals surface area contributed by atoms with Crippen LogP contribution in [0.3, 0.4) is 0 Å². The lowest BCUT2D eigenvalue weighted by atomic mass is 10.0. The van der Waals surface area contributed by atoms with Gasteiger partial charge in [0.05, 0.1) is 0 Å². The van der Waals surface area contributed by atoms with E-state index in [0.717, 1.165) is 17.3 Å². The summed E-state index contributed by atoms with van der Waals surface area (Å²) in [5, 5.41) is 0.781. The number of halogens is 2. The Bertz CT molecular complexity index is 566. The van der Waals surface area contributed by atoms with E-state index in [1.165, 1.54) is 6.07 Å². The van der Waals surface area contributed by atoms with E-state index in [-0.39, 0.29) is 11.6 Å². The van der Waals surface area contributed by atoms with Crippen molar-refractivity contribution in [2.45, 2.75) is 12.8 Å². The summed E-state index contributed by atoms with van der Waals surface area (Å²) < 4.78 is 14.1. The van der Waals surface area contributed by atoms with Crippen LogP contribution in [0.25, 0.3) is 11.1 Å². The Kier molecular flexibility index (Phi) is 4.86. The molecule has 0 aliphatic rings. The molecule has 1 nitrogen and oxygen atoms in total. The van der Waals surface area contributed by atoms with Crippen molar-refractivity contribution in [3.63, 3.8) is 0 Å². The Morgan fingerprint density at radius 1 is 1.11 bits per heavy atom. The molecule has 0 aliphatic carbocycles. The smallest absolute Gasteiger partial charge is 0.163 e. The summed E-state index contributed by atoms with van der Waals surface area (Å²) in [6.45, 7) is 0. The molecule has 19 heavy (non-hydrogen) atoms. The third kappa shape index (κ3) is 3.51. The molecule has 2 aromatic rings. The summed E-state index contributed by atoms with van der Waals surface area (Å²) in [6.07, 6.45) is 1.20. The first-order chi connectivity index (χ1) is 9.22. The van der Waals surface area contributed by atoms with Crippen molar-refractivity contribution in [2.75, 3.05) is 5.33 Å². The highest BCUT2D eigenvalue weighted by atomic mass is 79.9. The first kappa shape index (κ1) is 13.9. The zero-order chi connectivity index (χ0) is 13.7. The number of carbonyl (C=O) groups is 1. The summed E-state index contributed by atoms with van der Waals surface area (Å²) in [4.78, 5) is 11.8. The molecule has 0 saturated carbocycles. The normalized spacial score (nSPS) is 10.4. The van der Waals surface area contributed by atoms with Crippen molar-refractivity contribution >= 4 is 21.7 Å². The van der Waals surface area contributed by atoms with Crippen molar-refractivity contribution in [1.82, 2.24) is 0 Å². The van der Waals surface area contributed by atoms with Crippen LogP contribution < -0.4 is 0 Å². The molecule has 0 radical (unpaired) electrons. The lowest BCUT2D eigenvalue weighted by Gasteiger charge is -2.06. The predicted octanol–water partition coefficient (Wildman–Crippen LogP) is 4.85. The van der Waals surface area contributed by atoms with Crippen LogP contribution in [-0.2, 0) is 0 Å². The van der Waals surface area contributed by atoms with E-state index in [0.29, 0.717) is 17.5 Å². The van der Waals surface area contributed by atoms with E-state index in [9.17, 15) is 9.18 Å². The van der Waals surface area contributed by atoms with Gasteiger partial charge in [-0.3, -0.25) is 4.79 Å². The second kappa shape index (κ2) is 6.62. The highest BCUT2D eigenvalue weighted by Gasteiger charge is 2.10. The van der Waals surface area contributed by atoms with Gasteiger partial charge in [0.15, 0.2) is 5.78 Å². The SMILES string of the molecule is O=C(CCCBr)c1ccc(-c2ccccc2)c(F)c1. The fourth-order valence-corrected chi connectivity index (χ4v) is 2.19. The highest BCUT2D eigenvalue weighted by Crippen LogP contribution is 2.23. The van der Waals surface area contributed by atoms with Gasteiger partial charge in [0, 0.05) is 22.9 Å². The van der Waals surface area contributed by atoms with Crippen molar-refractivity contribution in [1.29, 1.82) is 0 Å². The number of hydrogen-bond acceptors (Lipinski definition) is 1. The van der Waals surface area contributed by atoms with Crippen LogP contribution in [0.4, 0.5) is 4.39 Å². The third-order valence-corrected chi connectivity index (χ3v) is 3.47. The minimum atomic E-state index is -0.351. The van der Waals surface area contributed by atoms with Crippen LogP contribution in [0, 0.1) is 5.82 Å². The Morgan fingerprint density at radius 3 is 2.47 bits per heavy atom. The number of carbonyl (C=O) groups excluding carboxylic acids is 1. The molecule has 2 rings (SSSR count). The average molecular weight is 321 g/mol. The van der Waals surface area contributed by atoms with Gasteiger partial charge in [0.1, 0.15) is 5.82 Å². The number of ketones is 1. The van der Waals surface area contributed by atoms with Crippen LogP contribution >= 0.6 is 15.9 Å². The molecule has 0 bridgehead atoms. The summed E-state index contributed by atoms with van der Waals surface area (Å²) in [6, 6.07) is 14.0. The highest BCUT2D eigenvalue weighted by molar-refractivity contribution is 9.09. The van der Waals surface area contributed by atoms with E-state index in [4.69, 9.17) is 0 Å². The Morgan fingerprint density at radius 2 is 1.84 bits per heavy atom. The molecule has 98 valence electrons. The average Bonchev–Trinajstić information content (AvgIpc) is 2.45. The molecular weight excluding hydrogens is 307 g/mol. The molecule has 0 fully saturated rings. The van der Waals surface area contributed by atoms with E-state index in [1.807, 2.05) is 30.3 Å². The van der Waals surface area contributed by atoms with E-state index in [1.54, 1.807) is 12.1 Å². The predicted molar refractivity (Wildman–Crippen MR) is 79.2 cm³/mol. The molecule has 0 N–H and O–H groups in total. The zero-order valence-electron chi connectivity index (χ0n) is 10.4. The summed E-state index contributed by atoms with van der Waals surface area (Å²) in [5.41, 5.74) is 1.79. The van der Waals surface area contributed by atoms with Gasteiger partial charge in [-0.25, -0.2) is 4.39 Å². The standard InChI is InChI=1S/C16H14BrFO/c17-10-4-7-16(19)13-8-9-14(15(18)11-13)12-5-2-1-3-6-12/h1-3,5-6,8-9,11H,4,7,10H2. The Hall–Kier alpha value is -1.48. The quantitative estimate of drug-likeness (QED) is 0.568. The summed E-state index contributed by atoms with van der Waals surface area (Å²) >= 11 is 3.28. The largest absolute Gasteiger partial charge is 0.294 e. The minimum Gasteiger partial charge on any atom is -0.294 e. The second-order valence-electron chi connectivity index (χ2n) is 4.28. The van der Waals surface area contributed by atoms with Gasteiger partial charge >= 0.3 is 0 Å². The number of rotatable bonds is 5. The second-order valence-corrected chi connectivity index (χ2v) is 5.07. The molecule has 0 aliphatic heterocycles. The van der Waals surface area contributed by atoms with Crippen molar-refractivity contribution in [3.05, 3.63) is 59.9 Å². The topological polar surface area (TPSA) is 17.1 Å². The monoisotopic (exact) mass is 320 g/mol. The molecule has 0 aromatic heterocycles. The van der Waals surface area contributed by atoms with Gasteiger partial charge in [0.2, 0.25) is 0 Å². The van der Waals surface area contributed by atoms with Crippen LogP contribution in [0.15, 0.2) is 48.5 Å². The van der Waals surface area contributed by atoms with Gasteiger partial charge < -0.3 is 0 Å². The number of alkyl halides is 1. The lowest BCUT2D eigenvalue weighted by Crippen LogP contribution is -2.00. The molecule has 0 unspecified atom stereocenters. The molecule has 0 spiro atoms. The first-order valence-electron chi connectivity index (χ1n) is 6.16. The van der Waals surface area contributed by atoms with E-state index < -0.39 is 0 Å². The molecule has 0 saturated heterocycles. The Balaban J connectivity index is 2.25. The maximum absolute atomic E-state index is 14.1. The van der Waals surface area contributed by atoms with Gasteiger partial charge in [-0.1, -0.05) is 58.4 Å². The fraction of sp³-hybridized carbons (Fsp3) is 0.188. The van der Waals surface area contributed by atoms with Gasteiger partial charge in [0.25, 0.3) is 0 Å². The number of Topliss-reactive ketones (excluding diaryl/α,β-unsaturated/α-hetero) is 1. The summed E-state index contributed by atoms with van der Waals surface area (Å²) in [5.74, 6) is -0.367. The van der Waals surface area contributed by atoms with Crippen LogP contribution in [0.5, 0.6) is 0 Å². The van der Waals surface area contributed by atoms with E-state index in [2.05, 4.69) is 15.9 Å². The molecule has 3 heteroatoms. The zero-order valence-corrected chi connectivity index (χ0v) is 12.0. The van der Waals surface area contributed by atoms with Crippen molar-refractivity contribution in [3.8, 4) is 11.1 Å². The molecular formula is C16H14BrFO. The van der Waals surface area contributed by atoms with Crippen molar-refractivity contribution in [2.24, 2.45) is 0 Å². The van der Waals surface area contributed by atoms with Crippen LogP contribution in [0.1, 0.15) is 23.2 Å². The fourth-order valence-electron chi connectivity index (χ4n) is 1.91. The molecule has 0 heterocycles. The third-order valence-electron chi connectivity index (χ3n) is 2.91. The summed E-state index contributed by atoms with van der Waals surface area (Å²) in [7, 11) is 0. The molecule has 0 amide bonds. The molecule has 2 aromatic carbocycles. The van der Waals surface area contributed by atoms with Gasteiger partial charge in [-0.05, 0) is 18.1 Å². The van der Waals surface area contributed by atoms with Crippen molar-refractivity contribution < 1.29 is 9.18 Å². The van der Waals surface area contributed by atoms with Gasteiger partial charge in [-0.15, -0.1) is 0 Å². The number of hydrogen-bond donors (Lipinski definition) is 0. The van der Waals surface area contributed by atoms with E-state index >= 15 is 0 Å². The number of benzene rings is 2. The van der Waals surface area contributed by atoms with Gasteiger partial charge in [-0.2, -0.15) is 0 Å². The maximum atomic E-state index is 14.1. The van der Waals surface area contributed by atoms with Crippen LogP contribution in [-0.4, -0.2) is 11.1 Å². The minimum absolute atomic E-state index is 0.0158. The molecule has 0 atom stereocenters. The lowest BCUT2D eigenvalue weighted by molar-refractivity contribution is 0.0981. The maximum Gasteiger partial charge on any atom is 0.163 e. The van der Waals surface area contributed by atoms with Crippen LogP contribution in [0.2, 0.25) is 0 Å². The Labute approximate surface area is 120 Å².